The summed E-state index contributed by atoms with van der Waals surface area (Å²) in [6.07, 6.45) is 2.17. The van der Waals surface area contributed by atoms with Gasteiger partial charge < -0.3 is 4.74 Å². The van der Waals surface area contributed by atoms with Crippen LogP contribution in [0.1, 0.15) is 44.8 Å². The Kier molecular flexibility index (Phi) is 5.33. The maximum atomic E-state index is 11.4. The van der Waals surface area contributed by atoms with E-state index >= 15 is 0 Å². The fourth-order valence-electron chi connectivity index (χ4n) is 1.38. The van der Waals surface area contributed by atoms with Crippen molar-refractivity contribution in [3.63, 3.8) is 0 Å². The van der Waals surface area contributed by atoms with Gasteiger partial charge in [-0.25, -0.2) is 0 Å². The molecule has 1 atom stereocenters. The summed E-state index contributed by atoms with van der Waals surface area (Å²) in [7, 11) is 0. The lowest BCUT2D eigenvalue weighted by atomic mass is 10.1. The number of hydrogen-bond donors (Lipinski definition) is 0. The molecule has 16 heavy (non-hydrogen) atoms. The number of carbonyl (C=O) groups excluding carboxylic acids is 1. The predicted octanol–water partition coefficient (Wildman–Crippen LogP) is 4.13. The van der Waals surface area contributed by atoms with Crippen LogP contribution >= 0.6 is 11.6 Å². The van der Waals surface area contributed by atoms with Gasteiger partial charge >= 0.3 is 5.97 Å². The standard InChI is InChI=1S/C13H17ClO2/c1-3-4-5-13(15)16-10(2)11-6-8-12(14)9-7-11/h6-10H,3-5H2,1-2H3/t10-/m0/s1. The Morgan fingerprint density at radius 1 is 1.38 bits per heavy atom. The molecule has 0 heterocycles. The van der Waals surface area contributed by atoms with Crippen molar-refractivity contribution in [1.29, 1.82) is 0 Å². The summed E-state index contributed by atoms with van der Waals surface area (Å²) in [5.74, 6) is -0.135. The van der Waals surface area contributed by atoms with Crippen LogP contribution in [-0.2, 0) is 9.53 Å². The van der Waals surface area contributed by atoms with Crippen LogP contribution < -0.4 is 0 Å². The van der Waals surface area contributed by atoms with Crippen LogP contribution in [0, 0.1) is 0 Å². The Morgan fingerprint density at radius 2 is 2.00 bits per heavy atom. The highest BCUT2D eigenvalue weighted by Gasteiger charge is 2.10. The lowest BCUT2D eigenvalue weighted by molar-refractivity contribution is -0.148. The molecule has 0 aliphatic carbocycles. The van der Waals surface area contributed by atoms with Crippen molar-refractivity contribution >= 4 is 17.6 Å². The monoisotopic (exact) mass is 240 g/mol. The summed E-state index contributed by atoms with van der Waals surface area (Å²) in [6.45, 7) is 3.92. The molecule has 0 aliphatic heterocycles. The molecule has 0 fully saturated rings. The third kappa shape index (κ3) is 4.23. The number of hydrogen-bond acceptors (Lipinski definition) is 2. The minimum absolute atomic E-state index is 0.135. The summed E-state index contributed by atoms with van der Waals surface area (Å²) in [5.41, 5.74) is 0.967. The Labute approximate surface area is 102 Å². The summed E-state index contributed by atoms with van der Waals surface area (Å²) in [4.78, 5) is 11.4. The second-order valence-electron chi connectivity index (χ2n) is 3.79. The molecule has 1 aromatic carbocycles. The van der Waals surface area contributed by atoms with E-state index in [0.717, 1.165) is 18.4 Å². The van der Waals surface area contributed by atoms with Crippen molar-refractivity contribution in [1.82, 2.24) is 0 Å². The van der Waals surface area contributed by atoms with Crippen molar-refractivity contribution in [2.75, 3.05) is 0 Å². The van der Waals surface area contributed by atoms with Gasteiger partial charge in [-0.3, -0.25) is 4.79 Å². The van der Waals surface area contributed by atoms with Crippen molar-refractivity contribution in [3.8, 4) is 0 Å². The van der Waals surface area contributed by atoms with Crippen LogP contribution in [0.4, 0.5) is 0 Å². The molecule has 1 rings (SSSR count). The molecule has 0 aliphatic rings. The summed E-state index contributed by atoms with van der Waals surface area (Å²) in [6, 6.07) is 7.35. The number of esters is 1. The smallest absolute Gasteiger partial charge is 0.306 e. The van der Waals surface area contributed by atoms with Gasteiger partial charge in [0.2, 0.25) is 0 Å². The molecule has 0 saturated heterocycles. The van der Waals surface area contributed by atoms with Crippen LogP contribution in [0.25, 0.3) is 0 Å². The van der Waals surface area contributed by atoms with E-state index in [9.17, 15) is 4.79 Å². The lowest BCUT2D eigenvalue weighted by Crippen LogP contribution is -2.08. The van der Waals surface area contributed by atoms with Gasteiger partial charge in [-0.1, -0.05) is 37.1 Å². The summed E-state index contributed by atoms with van der Waals surface area (Å²) >= 11 is 5.78. The van der Waals surface area contributed by atoms with Crippen molar-refractivity contribution in [2.24, 2.45) is 0 Å². The molecule has 0 radical (unpaired) electrons. The maximum Gasteiger partial charge on any atom is 0.306 e. The van der Waals surface area contributed by atoms with E-state index in [1.54, 1.807) is 12.1 Å². The number of rotatable bonds is 5. The fourth-order valence-corrected chi connectivity index (χ4v) is 1.51. The lowest BCUT2D eigenvalue weighted by Gasteiger charge is -2.13. The van der Waals surface area contributed by atoms with E-state index in [4.69, 9.17) is 16.3 Å². The molecule has 0 N–H and O–H groups in total. The third-order valence-electron chi connectivity index (χ3n) is 2.38. The van der Waals surface area contributed by atoms with Crippen molar-refractivity contribution in [3.05, 3.63) is 34.9 Å². The Balaban J connectivity index is 2.48. The van der Waals surface area contributed by atoms with E-state index in [0.29, 0.717) is 11.4 Å². The SMILES string of the molecule is CCCCC(=O)O[C@@H](C)c1ccc(Cl)cc1. The van der Waals surface area contributed by atoms with Gasteiger partial charge in [-0.15, -0.1) is 0 Å². The molecule has 0 amide bonds. The first-order valence-electron chi connectivity index (χ1n) is 5.58. The highest BCUT2D eigenvalue weighted by atomic mass is 35.5. The van der Waals surface area contributed by atoms with Gasteiger partial charge in [-0.2, -0.15) is 0 Å². The molecule has 0 unspecified atom stereocenters. The number of carbonyl (C=O) groups is 1. The quantitative estimate of drug-likeness (QED) is 0.724. The van der Waals surface area contributed by atoms with E-state index in [-0.39, 0.29) is 12.1 Å². The fraction of sp³-hybridized carbons (Fsp3) is 0.462. The first-order valence-corrected chi connectivity index (χ1v) is 5.96. The maximum absolute atomic E-state index is 11.4. The zero-order chi connectivity index (χ0) is 12.0. The van der Waals surface area contributed by atoms with Gasteiger partial charge in [0.25, 0.3) is 0 Å². The zero-order valence-electron chi connectivity index (χ0n) is 9.70. The average Bonchev–Trinajstić information content (AvgIpc) is 2.27. The molecule has 2 nitrogen and oxygen atoms in total. The van der Waals surface area contributed by atoms with E-state index < -0.39 is 0 Å². The Hall–Kier alpha value is -1.02. The highest BCUT2D eigenvalue weighted by molar-refractivity contribution is 6.30. The Bertz CT molecular complexity index is 332. The molecule has 0 saturated carbocycles. The van der Waals surface area contributed by atoms with E-state index in [2.05, 4.69) is 6.92 Å². The minimum atomic E-state index is -0.207. The molecule has 88 valence electrons. The first kappa shape index (κ1) is 13.0. The van der Waals surface area contributed by atoms with Crippen molar-refractivity contribution < 1.29 is 9.53 Å². The predicted molar refractivity (Wildman–Crippen MR) is 65.5 cm³/mol. The second kappa shape index (κ2) is 6.54. The largest absolute Gasteiger partial charge is 0.458 e. The van der Waals surface area contributed by atoms with Crippen LogP contribution in [-0.4, -0.2) is 5.97 Å². The van der Waals surface area contributed by atoms with E-state index in [1.807, 2.05) is 19.1 Å². The average molecular weight is 241 g/mol. The molecule has 3 heteroatoms. The van der Waals surface area contributed by atoms with E-state index in [1.165, 1.54) is 0 Å². The molecular weight excluding hydrogens is 224 g/mol. The van der Waals surface area contributed by atoms with Gasteiger partial charge in [0, 0.05) is 11.4 Å². The first-order chi connectivity index (χ1) is 7.63. The second-order valence-corrected chi connectivity index (χ2v) is 4.22. The highest BCUT2D eigenvalue weighted by Crippen LogP contribution is 2.19. The van der Waals surface area contributed by atoms with Gasteiger partial charge in [0.1, 0.15) is 6.10 Å². The van der Waals surface area contributed by atoms with Gasteiger partial charge in [-0.05, 0) is 31.0 Å². The Morgan fingerprint density at radius 3 is 2.56 bits per heavy atom. The molecule has 0 aromatic heterocycles. The summed E-state index contributed by atoms with van der Waals surface area (Å²) in [5, 5.41) is 0.688. The minimum Gasteiger partial charge on any atom is -0.458 e. The topological polar surface area (TPSA) is 26.3 Å². The summed E-state index contributed by atoms with van der Waals surface area (Å²) < 4.78 is 5.30. The molecule has 0 spiro atoms. The third-order valence-corrected chi connectivity index (χ3v) is 2.63. The number of benzene rings is 1. The number of halogens is 1. The van der Waals surface area contributed by atoms with Crippen molar-refractivity contribution in [2.45, 2.75) is 39.2 Å². The molecular formula is C13H17ClO2. The molecule has 1 aromatic rings. The normalized spacial score (nSPS) is 12.2. The van der Waals surface area contributed by atoms with Crippen LogP contribution in [0.3, 0.4) is 0 Å². The number of ether oxygens (including phenoxy) is 1. The van der Waals surface area contributed by atoms with Gasteiger partial charge in [0.05, 0.1) is 0 Å². The zero-order valence-corrected chi connectivity index (χ0v) is 10.5. The molecule has 0 bridgehead atoms. The van der Waals surface area contributed by atoms with Crippen LogP contribution in [0.2, 0.25) is 5.02 Å². The van der Waals surface area contributed by atoms with Crippen LogP contribution in [0.5, 0.6) is 0 Å². The number of unbranched alkanes of at least 4 members (excludes halogenated alkanes) is 1. The van der Waals surface area contributed by atoms with Gasteiger partial charge in [0.15, 0.2) is 0 Å². The van der Waals surface area contributed by atoms with Crippen LogP contribution in [0.15, 0.2) is 24.3 Å².